The molecule has 0 spiro atoms. The van der Waals surface area contributed by atoms with Gasteiger partial charge < -0.3 is 15.0 Å². The summed E-state index contributed by atoms with van der Waals surface area (Å²) in [5.41, 5.74) is 3.96. The quantitative estimate of drug-likeness (QED) is 0.910. The summed E-state index contributed by atoms with van der Waals surface area (Å²) in [6.07, 6.45) is 0. The van der Waals surface area contributed by atoms with Crippen LogP contribution < -0.4 is 10.1 Å². The molecule has 5 heteroatoms. The fourth-order valence-corrected chi connectivity index (χ4v) is 3.29. The molecule has 1 unspecified atom stereocenters. The molecular weight excluding hydrogens is 336 g/mol. The lowest BCUT2D eigenvalue weighted by molar-refractivity contribution is 0.0631. The van der Waals surface area contributed by atoms with Gasteiger partial charge in [0.25, 0.3) is 5.91 Å². The second kappa shape index (κ2) is 8.37. The molecule has 4 nitrogen and oxygen atoms in total. The van der Waals surface area contributed by atoms with Gasteiger partial charge in [-0.2, -0.15) is 0 Å². The van der Waals surface area contributed by atoms with E-state index in [1.54, 1.807) is 7.11 Å². The van der Waals surface area contributed by atoms with Gasteiger partial charge in [-0.15, -0.1) is 12.4 Å². The van der Waals surface area contributed by atoms with E-state index in [4.69, 9.17) is 4.74 Å². The molecule has 1 atom stereocenters. The molecule has 2 aromatic rings. The van der Waals surface area contributed by atoms with Crippen molar-refractivity contribution >= 4 is 18.3 Å². The molecule has 1 aliphatic rings. The predicted molar refractivity (Wildman–Crippen MR) is 103 cm³/mol. The monoisotopic (exact) mass is 360 g/mol. The van der Waals surface area contributed by atoms with Gasteiger partial charge in [0, 0.05) is 30.8 Å². The summed E-state index contributed by atoms with van der Waals surface area (Å²) in [6, 6.07) is 14.0. The number of nitrogens with one attached hydrogen (secondary N) is 1. The van der Waals surface area contributed by atoms with Crippen LogP contribution in [0.3, 0.4) is 0 Å². The molecule has 3 rings (SSSR count). The van der Waals surface area contributed by atoms with E-state index in [9.17, 15) is 4.79 Å². The molecule has 2 aromatic carbocycles. The van der Waals surface area contributed by atoms with Gasteiger partial charge in [-0.3, -0.25) is 4.79 Å². The largest absolute Gasteiger partial charge is 0.496 e. The third-order valence-corrected chi connectivity index (χ3v) is 4.63. The minimum atomic E-state index is -0.0256. The maximum atomic E-state index is 13.2. The highest BCUT2D eigenvalue weighted by molar-refractivity contribution is 5.96. The van der Waals surface area contributed by atoms with E-state index in [2.05, 4.69) is 5.32 Å². The molecule has 0 bridgehead atoms. The van der Waals surface area contributed by atoms with Crippen LogP contribution in [0.25, 0.3) is 0 Å². The lowest BCUT2D eigenvalue weighted by atomic mass is 9.99. The second-order valence-electron chi connectivity index (χ2n) is 6.28. The summed E-state index contributed by atoms with van der Waals surface area (Å²) in [4.78, 5) is 15.2. The smallest absolute Gasteiger partial charge is 0.254 e. The number of halogens is 1. The zero-order valence-electron chi connectivity index (χ0n) is 14.9. The van der Waals surface area contributed by atoms with Gasteiger partial charge in [-0.25, -0.2) is 0 Å². The number of hydrogen-bond donors (Lipinski definition) is 1. The first kappa shape index (κ1) is 19.3. The maximum absolute atomic E-state index is 13.2. The number of amides is 1. The number of rotatable bonds is 3. The Morgan fingerprint density at radius 1 is 1.20 bits per heavy atom. The number of ether oxygens (including phenoxy) is 1. The van der Waals surface area contributed by atoms with E-state index in [0.717, 1.165) is 41.1 Å². The van der Waals surface area contributed by atoms with Gasteiger partial charge in [0.15, 0.2) is 0 Å². The molecule has 134 valence electrons. The SMILES string of the molecule is COc1ccccc1C1CNCCN1C(=O)c1cc(C)ccc1C.Cl. The molecule has 25 heavy (non-hydrogen) atoms. The molecule has 1 fully saturated rings. The average molecular weight is 361 g/mol. The van der Waals surface area contributed by atoms with Crippen molar-refractivity contribution in [2.75, 3.05) is 26.7 Å². The van der Waals surface area contributed by atoms with Crippen molar-refractivity contribution in [3.8, 4) is 5.75 Å². The Morgan fingerprint density at radius 3 is 2.72 bits per heavy atom. The van der Waals surface area contributed by atoms with Crippen LogP contribution in [-0.2, 0) is 0 Å². The Hall–Kier alpha value is -2.04. The zero-order valence-corrected chi connectivity index (χ0v) is 15.7. The molecule has 0 radical (unpaired) electrons. The van der Waals surface area contributed by atoms with Crippen molar-refractivity contribution in [3.05, 3.63) is 64.7 Å². The van der Waals surface area contributed by atoms with Gasteiger partial charge in [0.2, 0.25) is 0 Å². The fourth-order valence-electron chi connectivity index (χ4n) is 3.29. The van der Waals surface area contributed by atoms with Gasteiger partial charge in [-0.1, -0.05) is 35.9 Å². The Bertz CT molecular complexity index is 748. The third kappa shape index (κ3) is 3.97. The molecule has 1 aliphatic heterocycles. The van der Waals surface area contributed by atoms with Crippen LogP contribution in [0, 0.1) is 13.8 Å². The van der Waals surface area contributed by atoms with E-state index in [-0.39, 0.29) is 24.4 Å². The standard InChI is InChI=1S/C20H24N2O2.ClH/c1-14-8-9-15(2)17(12-14)20(23)22-11-10-21-13-18(22)16-6-4-5-7-19(16)24-3;/h4-9,12,18,21H,10-11,13H2,1-3H3;1H. The minimum absolute atomic E-state index is 0. The van der Waals surface area contributed by atoms with E-state index in [1.807, 2.05) is 61.2 Å². The normalized spacial score (nSPS) is 16.9. The van der Waals surface area contributed by atoms with E-state index in [1.165, 1.54) is 0 Å². The maximum Gasteiger partial charge on any atom is 0.254 e. The summed E-state index contributed by atoms with van der Waals surface area (Å²) >= 11 is 0. The number of methoxy groups -OCH3 is 1. The van der Waals surface area contributed by atoms with Crippen LogP contribution in [0.1, 0.15) is 33.1 Å². The highest BCUT2D eigenvalue weighted by Crippen LogP contribution is 2.31. The number of benzene rings is 2. The molecule has 1 N–H and O–H groups in total. The van der Waals surface area contributed by atoms with E-state index >= 15 is 0 Å². The van der Waals surface area contributed by atoms with Crippen molar-refractivity contribution in [1.29, 1.82) is 0 Å². The Morgan fingerprint density at radius 2 is 1.96 bits per heavy atom. The number of nitrogens with zero attached hydrogens (tertiary/aromatic N) is 1. The van der Waals surface area contributed by atoms with Gasteiger partial charge in [0.05, 0.1) is 13.2 Å². The lowest BCUT2D eigenvalue weighted by Gasteiger charge is -2.37. The van der Waals surface area contributed by atoms with Crippen molar-refractivity contribution in [2.45, 2.75) is 19.9 Å². The van der Waals surface area contributed by atoms with Crippen LogP contribution in [-0.4, -0.2) is 37.6 Å². The van der Waals surface area contributed by atoms with Crippen LogP contribution in [0.15, 0.2) is 42.5 Å². The van der Waals surface area contributed by atoms with Crippen LogP contribution in [0.4, 0.5) is 0 Å². The summed E-state index contributed by atoms with van der Waals surface area (Å²) < 4.78 is 5.51. The van der Waals surface area contributed by atoms with E-state index < -0.39 is 0 Å². The molecule has 0 aliphatic carbocycles. The van der Waals surface area contributed by atoms with Gasteiger partial charge in [0.1, 0.15) is 5.75 Å². The van der Waals surface area contributed by atoms with Crippen LogP contribution >= 0.6 is 12.4 Å². The molecule has 1 saturated heterocycles. The predicted octanol–water partition coefficient (Wildman–Crippen LogP) is 3.52. The summed E-state index contributed by atoms with van der Waals surface area (Å²) in [7, 11) is 1.67. The number of piperazine rings is 1. The number of carbonyl (C=O) groups excluding carboxylic acids is 1. The average Bonchev–Trinajstić information content (AvgIpc) is 2.63. The Labute approximate surface area is 155 Å². The minimum Gasteiger partial charge on any atom is -0.496 e. The number of para-hydroxylation sites is 1. The molecule has 1 heterocycles. The summed E-state index contributed by atoms with van der Waals surface area (Å²) in [5.74, 6) is 0.915. The van der Waals surface area contributed by atoms with E-state index in [0.29, 0.717) is 6.54 Å². The zero-order chi connectivity index (χ0) is 17.1. The third-order valence-electron chi connectivity index (χ3n) is 4.63. The fraction of sp³-hybridized carbons (Fsp3) is 0.350. The number of aryl methyl sites for hydroxylation is 2. The van der Waals surface area contributed by atoms with Crippen LogP contribution in [0.2, 0.25) is 0 Å². The first-order valence-electron chi connectivity index (χ1n) is 8.33. The molecule has 0 saturated carbocycles. The number of carbonyl (C=O) groups is 1. The van der Waals surface area contributed by atoms with Crippen molar-refractivity contribution in [2.24, 2.45) is 0 Å². The first-order valence-corrected chi connectivity index (χ1v) is 8.33. The van der Waals surface area contributed by atoms with Gasteiger partial charge in [-0.05, 0) is 31.5 Å². The topological polar surface area (TPSA) is 41.6 Å². The van der Waals surface area contributed by atoms with Crippen molar-refractivity contribution < 1.29 is 9.53 Å². The van der Waals surface area contributed by atoms with Crippen molar-refractivity contribution in [1.82, 2.24) is 10.2 Å². The number of hydrogen-bond acceptors (Lipinski definition) is 3. The Kier molecular flexibility index (Phi) is 6.45. The highest BCUT2D eigenvalue weighted by atomic mass is 35.5. The van der Waals surface area contributed by atoms with Gasteiger partial charge >= 0.3 is 0 Å². The first-order chi connectivity index (χ1) is 11.6. The highest BCUT2D eigenvalue weighted by Gasteiger charge is 2.30. The summed E-state index contributed by atoms with van der Waals surface area (Å²) in [5, 5.41) is 3.40. The van der Waals surface area contributed by atoms with Crippen LogP contribution in [0.5, 0.6) is 5.75 Å². The molecular formula is C20H25ClN2O2. The lowest BCUT2D eigenvalue weighted by Crippen LogP contribution is -2.49. The molecule has 0 aromatic heterocycles. The Balaban J connectivity index is 0.00000225. The second-order valence-corrected chi connectivity index (χ2v) is 6.28. The summed E-state index contributed by atoms with van der Waals surface area (Å²) in [6.45, 7) is 6.24. The molecule has 1 amide bonds. The van der Waals surface area contributed by atoms with Crippen molar-refractivity contribution in [3.63, 3.8) is 0 Å².